The van der Waals surface area contributed by atoms with Gasteiger partial charge in [-0.1, -0.05) is 0 Å². The van der Waals surface area contributed by atoms with Gasteiger partial charge >= 0.3 is 0 Å². The molecule has 0 saturated carbocycles. The van der Waals surface area contributed by atoms with Crippen molar-refractivity contribution in [2.75, 3.05) is 11.9 Å². The van der Waals surface area contributed by atoms with Crippen LogP contribution in [-0.4, -0.2) is 37.4 Å². The fraction of sp³-hybridized carbons (Fsp3) is 0.278. The van der Waals surface area contributed by atoms with Gasteiger partial charge in [0.15, 0.2) is 0 Å². The summed E-state index contributed by atoms with van der Waals surface area (Å²) in [6, 6.07) is 3.58. The van der Waals surface area contributed by atoms with E-state index < -0.39 is 0 Å². The summed E-state index contributed by atoms with van der Waals surface area (Å²) < 4.78 is 1.75. The fourth-order valence-electron chi connectivity index (χ4n) is 3.28. The number of aryl methyl sites for hydroxylation is 2. The molecule has 3 heterocycles. The predicted octanol–water partition coefficient (Wildman–Crippen LogP) is 2.01. The van der Waals surface area contributed by atoms with E-state index in [1.165, 1.54) is 0 Å². The van der Waals surface area contributed by atoms with Crippen LogP contribution in [0.1, 0.15) is 28.0 Å². The Morgan fingerprint density at radius 1 is 1.40 bits per heavy atom. The number of nitrogens with one attached hydrogen (secondary N) is 2. The number of carbonyl (C=O) groups is 1. The molecule has 0 atom stereocenters. The second kappa shape index (κ2) is 6.52. The summed E-state index contributed by atoms with van der Waals surface area (Å²) in [5, 5.41) is 16.7. The van der Waals surface area contributed by atoms with Crippen LogP contribution in [0.2, 0.25) is 0 Å². The fourth-order valence-corrected chi connectivity index (χ4v) is 3.28. The number of fused-ring (bicyclic) bond motifs is 3. The van der Waals surface area contributed by atoms with Crippen molar-refractivity contribution in [3.8, 4) is 11.3 Å². The first kappa shape index (κ1) is 15.6. The van der Waals surface area contributed by atoms with Crippen molar-refractivity contribution >= 4 is 11.6 Å². The van der Waals surface area contributed by atoms with Crippen LogP contribution in [0.25, 0.3) is 11.3 Å². The number of amides is 1. The van der Waals surface area contributed by atoms with Crippen molar-refractivity contribution in [2.24, 2.45) is 0 Å². The van der Waals surface area contributed by atoms with Crippen LogP contribution in [0.15, 0.2) is 36.9 Å². The summed E-state index contributed by atoms with van der Waals surface area (Å²) in [6.07, 6.45) is 9.78. The van der Waals surface area contributed by atoms with Crippen molar-refractivity contribution in [2.45, 2.75) is 25.8 Å². The first-order valence-corrected chi connectivity index (χ1v) is 8.35. The normalized spacial score (nSPS) is 13.0. The van der Waals surface area contributed by atoms with Gasteiger partial charge in [0, 0.05) is 29.8 Å². The highest BCUT2D eigenvalue weighted by Gasteiger charge is 2.25. The van der Waals surface area contributed by atoms with Gasteiger partial charge < -0.3 is 15.4 Å². The third kappa shape index (κ3) is 2.94. The van der Waals surface area contributed by atoms with Crippen molar-refractivity contribution in [1.82, 2.24) is 19.7 Å². The van der Waals surface area contributed by atoms with E-state index in [1.54, 1.807) is 35.4 Å². The van der Waals surface area contributed by atoms with Crippen molar-refractivity contribution in [3.05, 3.63) is 53.7 Å². The zero-order chi connectivity index (χ0) is 17.2. The average Bonchev–Trinajstić information content (AvgIpc) is 3.17. The third-order valence-corrected chi connectivity index (χ3v) is 4.40. The predicted molar refractivity (Wildman–Crippen MR) is 93.3 cm³/mol. The number of aliphatic hydroxyl groups is 1. The minimum Gasteiger partial charge on any atom is -0.394 e. The summed E-state index contributed by atoms with van der Waals surface area (Å²) >= 11 is 0. The number of aromatic nitrogens is 4. The Morgan fingerprint density at radius 2 is 2.32 bits per heavy atom. The SMILES string of the molecule is O=C(Nc1cccnc1)c1c[nH]c2c1-c1nn(CCO)cc1CCC2. The Balaban J connectivity index is 1.73. The average molecular weight is 337 g/mol. The number of rotatable bonds is 4. The Bertz CT molecular complexity index is 898. The molecular weight excluding hydrogens is 318 g/mol. The lowest BCUT2D eigenvalue weighted by molar-refractivity contribution is 0.102. The second-order valence-corrected chi connectivity index (χ2v) is 6.09. The van der Waals surface area contributed by atoms with Gasteiger partial charge in [-0.05, 0) is 37.0 Å². The summed E-state index contributed by atoms with van der Waals surface area (Å²) in [7, 11) is 0. The highest BCUT2D eigenvalue weighted by atomic mass is 16.3. The van der Waals surface area contributed by atoms with Gasteiger partial charge in [-0.15, -0.1) is 0 Å². The second-order valence-electron chi connectivity index (χ2n) is 6.09. The summed E-state index contributed by atoms with van der Waals surface area (Å²) in [4.78, 5) is 20.0. The highest BCUT2D eigenvalue weighted by molar-refractivity contribution is 6.09. The Kier molecular flexibility index (Phi) is 4.07. The minimum absolute atomic E-state index is 0.0366. The van der Waals surface area contributed by atoms with Gasteiger partial charge in [0.2, 0.25) is 0 Å². The van der Waals surface area contributed by atoms with Gasteiger partial charge in [0.05, 0.1) is 36.3 Å². The molecule has 0 unspecified atom stereocenters. The van der Waals surface area contributed by atoms with Crippen molar-refractivity contribution < 1.29 is 9.90 Å². The molecule has 0 spiro atoms. The van der Waals surface area contributed by atoms with Crippen LogP contribution < -0.4 is 5.32 Å². The molecule has 7 nitrogen and oxygen atoms in total. The Hall–Kier alpha value is -2.93. The van der Waals surface area contributed by atoms with Crippen molar-refractivity contribution in [3.63, 3.8) is 0 Å². The van der Waals surface area contributed by atoms with Crippen molar-refractivity contribution in [1.29, 1.82) is 0 Å². The molecule has 0 bridgehead atoms. The molecule has 3 N–H and O–H groups in total. The molecule has 4 rings (SSSR count). The minimum atomic E-state index is -0.185. The monoisotopic (exact) mass is 337 g/mol. The molecule has 1 aliphatic carbocycles. The molecule has 1 aliphatic rings. The quantitative estimate of drug-likeness (QED) is 0.678. The topological polar surface area (TPSA) is 95.8 Å². The van der Waals surface area contributed by atoms with Gasteiger partial charge in [0.25, 0.3) is 5.91 Å². The Labute approximate surface area is 144 Å². The number of hydrogen-bond acceptors (Lipinski definition) is 4. The largest absolute Gasteiger partial charge is 0.394 e. The van der Waals surface area contributed by atoms with Crippen LogP contribution in [0, 0.1) is 0 Å². The van der Waals surface area contributed by atoms with Crippen LogP contribution in [0.4, 0.5) is 5.69 Å². The van der Waals surface area contributed by atoms with E-state index in [2.05, 4.69) is 20.4 Å². The van der Waals surface area contributed by atoms with E-state index in [-0.39, 0.29) is 12.5 Å². The zero-order valence-electron chi connectivity index (χ0n) is 13.7. The number of aromatic amines is 1. The lowest BCUT2D eigenvalue weighted by atomic mass is 10.0. The maximum atomic E-state index is 12.8. The molecule has 0 aromatic carbocycles. The van der Waals surface area contributed by atoms with Crippen LogP contribution in [0.5, 0.6) is 0 Å². The molecule has 3 aromatic rings. The first-order valence-electron chi connectivity index (χ1n) is 8.35. The molecule has 0 radical (unpaired) electrons. The number of anilines is 1. The van der Waals surface area contributed by atoms with E-state index in [1.807, 2.05) is 6.20 Å². The van der Waals surface area contributed by atoms with E-state index >= 15 is 0 Å². The van der Waals surface area contributed by atoms with Crippen LogP contribution in [-0.2, 0) is 19.4 Å². The standard InChI is InChI=1S/C18H19N5O2/c24-8-7-23-11-12-3-1-5-15-16(17(12)22-23)14(10-20-15)18(25)21-13-4-2-6-19-9-13/h2,4,6,9-11,20,24H,1,3,5,7-8H2,(H,21,25). The summed E-state index contributed by atoms with van der Waals surface area (Å²) in [5.41, 5.74) is 5.08. The number of H-pyrrole nitrogens is 1. The van der Waals surface area contributed by atoms with Gasteiger partial charge in [-0.25, -0.2) is 0 Å². The smallest absolute Gasteiger partial charge is 0.257 e. The van der Waals surface area contributed by atoms with E-state index in [9.17, 15) is 4.79 Å². The highest BCUT2D eigenvalue weighted by Crippen LogP contribution is 2.34. The summed E-state index contributed by atoms with van der Waals surface area (Å²) in [6.45, 7) is 0.485. The number of aliphatic hydroxyl groups excluding tert-OH is 1. The molecule has 1 amide bonds. The van der Waals surface area contributed by atoms with Crippen LogP contribution >= 0.6 is 0 Å². The maximum Gasteiger partial charge on any atom is 0.257 e. The van der Waals surface area contributed by atoms with Gasteiger partial charge in [-0.2, -0.15) is 5.10 Å². The Morgan fingerprint density at radius 3 is 3.12 bits per heavy atom. The lowest BCUT2D eigenvalue weighted by Crippen LogP contribution is -2.12. The molecule has 3 aromatic heterocycles. The van der Waals surface area contributed by atoms with Gasteiger partial charge in [-0.3, -0.25) is 14.5 Å². The lowest BCUT2D eigenvalue weighted by Gasteiger charge is -2.06. The number of nitrogens with zero attached hydrogens (tertiary/aromatic N) is 3. The first-order chi connectivity index (χ1) is 12.3. The molecule has 0 saturated heterocycles. The third-order valence-electron chi connectivity index (χ3n) is 4.40. The molecule has 7 heteroatoms. The van der Waals surface area contributed by atoms with E-state index in [0.717, 1.165) is 41.8 Å². The van der Waals surface area contributed by atoms with Crippen LogP contribution in [0.3, 0.4) is 0 Å². The van der Waals surface area contributed by atoms with E-state index in [4.69, 9.17) is 5.11 Å². The molecule has 0 aliphatic heterocycles. The van der Waals surface area contributed by atoms with Gasteiger partial charge in [0.1, 0.15) is 0 Å². The number of hydrogen-bond donors (Lipinski definition) is 3. The molecular formula is C18H19N5O2. The van der Waals surface area contributed by atoms with E-state index in [0.29, 0.717) is 17.8 Å². The molecule has 25 heavy (non-hydrogen) atoms. The number of pyridine rings is 1. The maximum absolute atomic E-state index is 12.8. The molecule has 128 valence electrons. The zero-order valence-corrected chi connectivity index (χ0v) is 13.7. The summed E-state index contributed by atoms with van der Waals surface area (Å²) in [5.74, 6) is -0.185. The number of carbonyl (C=O) groups excluding carboxylic acids is 1. The molecule has 0 fully saturated rings.